The van der Waals surface area contributed by atoms with Crippen LogP contribution in [0.1, 0.15) is 5.56 Å². The summed E-state index contributed by atoms with van der Waals surface area (Å²) in [6, 6.07) is 10.1. The average Bonchev–Trinajstić information content (AvgIpc) is 2.05. The molecule has 1 aromatic rings. The SMILES string of the molecule is OSC1(c2ccccc2)CNC1. The quantitative estimate of drug-likeness (QED) is 0.681. The Balaban J connectivity index is 2.28. The summed E-state index contributed by atoms with van der Waals surface area (Å²) < 4.78 is 9.08. The molecule has 1 saturated heterocycles. The second-order valence-electron chi connectivity index (χ2n) is 3.06. The predicted octanol–water partition coefficient (Wildman–Crippen LogP) is 1.69. The molecular weight excluding hydrogens is 170 g/mol. The Morgan fingerprint density at radius 3 is 2.33 bits per heavy atom. The second kappa shape index (κ2) is 3.09. The first-order valence-corrected chi connectivity index (χ1v) is 4.73. The second-order valence-corrected chi connectivity index (χ2v) is 4.02. The van der Waals surface area contributed by atoms with Gasteiger partial charge in [-0.05, 0) is 5.56 Å². The number of hydrogen-bond donors (Lipinski definition) is 2. The molecule has 1 aliphatic rings. The van der Waals surface area contributed by atoms with Crippen molar-refractivity contribution in [1.29, 1.82) is 0 Å². The third kappa shape index (κ3) is 1.14. The van der Waals surface area contributed by atoms with E-state index in [2.05, 4.69) is 17.4 Å². The maximum absolute atomic E-state index is 9.17. The van der Waals surface area contributed by atoms with Crippen molar-refractivity contribution in [3.63, 3.8) is 0 Å². The minimum atomic E-state index is -0.0821. The van der Waals surface area contributed by atoms with Gasteiger partial charge in [0.2, 0.25) is 0 Å². The van der Waals surface area contributed by atoms with Gasteiger partial charge in [-0.15, -0.1) is 0 Å². The van der Waals surface area contributed by atoms with Crippen molar-refractivity contribution < 1.29 is 4.55 Å². The van der Waals surface area contributed by atoms with Crippen molar-refractivity contribution in [3.05, 3.63) is 35.9 Å². The first-order chi connectivity index (χ1) is 5.87. The van der Waals surface area contributed by atoms with Crippen molar-refractivity contribution in [1.82, 2.24) is 5.32 Å². The number of benzene rings is 1. The molecule has 0 aromatic heterocycles. The van der Waals surface area contributed by atoms with Crippen LogP contribution in [0.4, 0.5) is 0 Å². The Labute approximate surface area is 76.2 Å². The molecule has 1 heterocycles. The zero-order valence-corrected chi connectivity index (χ0v) is 7.47. The van der Waals surface area contributed by atoms with E-state index in [1.165, 1.54) is 5.56 Å². The van der Waals surface area contributed by atoms with Crippen molar-refractivity contribution in [2.75, 3.05) is 13.1 Å². The molecule has 0 radical (unpaired) electrons. The smallest absolute Gasteiger partial charge is 0.0915 e. The van der Waals surface area contributed by atoms with Crippen molar-refractivity contribution in [3.8, 4) is 0 Å². The first-order valence-electron chi connectivity index (χ1n) is 3.96. The number of nitrogens with one attached hydrogen (secondary N) is 1. The lowest BCUT2D eigenvalue weighted by molar-refractivity contribution is 0.388. The predicted molar refractivity (Wildman–Crippen MR) is 51.2 cm³/mol. The summed E-state index contributed by atoms with van der Waals surface area (Å²) in [6.45, 7) is 1.72. The topological polar surface area (TPSA) is 32.3 Å². The van der Waals surface area contributed by atoms with Gasteiger partial charge >= 0.3 is 0 Å². The molecule has 2 nitrogen and oxygen atoms in total. The van der Waals surface area contributed by atoms with Crippen molar-refractivity contribution in [2.45, 2.75) is 4.75 Å². The molecule has 1 aromatic carbocycles. The van der Waals surface area contributed by atoms with Gasteiger partial charge in [0.25, 0.3) is 0 Å². The Morgan fingerprint density at radius 2 is 1.92 bits per heavy atom. The Hall–Kier alpha value is -0.510. The fourth-order valence-corrected chi connectivity index (χ4v) is 1.99. The molecule has 1 aliphatic heterocycles. The summed E-state index contributed by atoms with van der Waals surface area (Å²) in [5, 5.41) is 3.17. The van der Waals surface area contributed by atoms with Crippen LogP contribution in [0, 0.1) is 0 Å². The summed E-state index contributed by atoms with van der Waals surface area (Å²) in [4.78, 5) is 0. The fourth-order valence-electron chi connectivity index (χ4n) is 1.42. The van der Waals surface area contributed by atoms with E-state index in [4.69, 9.17) is 4.55 Å². The van der Waals surface area contributed by atoms with E-state index in [1.807, 2.05) is 18.2 Å². The fraction of sp³-hybridized carbons (Fsp3) is 0.333. The molecule has 64 valence electrons. The largest absolute Gasteiger partial charge is 0.329 e. The van der Waals surface area contributed by atoms with E-state index in [1.54, 1.807) is 0 Å². The molecule has 0 atom stereocenters. The van der Waals surface area contributed by atoms with Gasteiger partial charge in [0.15, 0.2) is 0 Å². The van der Waals surface area contributed by atoms with Gasteiger partial charge in [-0.3, -0.25) is 0 Å². The molecule has 2 N–H and O–H groups in total. The summed E-state index contributed by atoms with van der Waals surface area (Å²) >= 11 is 0.950. The molecule has 0 spiro atoms. The molecule has 0 bridgehead atoms. The standard InChI is InChI=1S/C9H11NOS/c11-12-9(6-10-7-9)8-4-2-1-3-5-8/h1-5,10-11H,6-7H2. The van der Waals surface area contributed by atoms with Crippen LogP contribution in [-0.2, 0) is 4.75 Å². The van der Waals surface area contributed by atoms with E-state index in [9.17, 15) is 0 Å². The van der Waals surface area contributed by atoms with Crippen LogP contribution in [0.3, 0.4) is 0 Å². The van der Waals surface area contributed by atoms with Gasteiger partial charge in [-0.1, -0.05) is 30.3 Å². The highest BCUT2D eigenvalue weighted by Gasteiger charge is 2.39. The lowest BCUT2D eigenvalue weighted by Gasteiger charge is -2.40. The van der Waals surface area contributed by atoms with Crippen LogP contribution in [0.15, 0.2) is 30.3 Å². The number of rotatable bonds is 2. The van der Waals surface area contributed by atoms with E-state index in [-0.39, 0.29) is 4.75 Å². The third-order valence-corrected chi connectivity index (χ3v) is 3.17. The zero-order chi connectivity index (χ0) is 8.44. The lowest BCUT2D eigenvalue weighted by Crippen LogP contribution is -2.54. The summed E-state index contributed by atoms with van der Waals surface area (Å²) in [7, 11) is 0. The highest BCUT2D eigenvalue weighted by atomic mass is 32.2. The zero-order valence-electron chi connectivity index (χ0n) is 6.66. The molecular formula is C9H11NOS. The third-order valence-electron chi connectivity index (χ3n) is 2.30. The lowest BCUT2D eigenvalue weighted by atomic mass is 9.93. The number of hydrogen-bond acceptors (Lipinski definition) is 3. The monoisotopic (exact) mass is 181 g/mol. The van der Waals surface area contributed by atoms with E-state index in [0.717, 1.165) is 25.1 Å². The molecule has 0 saturated carbocycles. The van der Waals surface area contributed by atoms with Crippen LogP contribution in [0.25, 0.3) is 0 Å². The Morgan fingerprint density at radius 1 is 1.25 bits per heavy atom. The van der Waals surface area contributed by atoms with Gasteiger partial charge in [0.05, 0.1) is 4.75 Å². The first kappa shape index (κ1) is 8.10. The minimum Gasteiger partial charge on any atom is -0.329 e. The van der Waals surface area contributed by atoms with Gasteiger partial charge < -0.3 is 9.87 Å². The summed E-state index contributed by atoms with van der Waals surface area (Å²) in [5.74, 6) is 0. The van der Waals surface area contributed by atoms with Crippen LogP contribution >= 0.6 is 12.0 Å². The summed E-state index contributed by atoms with van der Waals surface area (Å²) in [5.41, 5.74) is 1.20. The van der Waals surface area contributed by atoms with E-state index < -0.39 is 0 Å². The maximum Gasteiger partial charge on any atom is 0.0915 e. The maximum atomic E-state index is 9.17. The van der Waals surface area contributed by atoms with Crippen molar-refractivity contribution in [2.24, 2.45) is 0 Å². The van der Waals surface area contributed by atoms with Crippen LogP contribution in [0.2, 0.25) is 0 Å². The molecule has 0 amide bonds. The molecule has 3 heteroatoms. The van der Waals surface area contributed by atoms with Crippen LogP contribution < -0.4 is 5.32 Å². The molecule has 0 unspecified atom stereocenters. The van der Waals surface area contributed by atoms with Crippen molar-refractivity contribution >= 4 is 12.0 Å². The highest BCUT2D eigenvalue weighted by Crippen LogP contribution is 2.37. The molecule has 2 rings (SSSR count). The normalized spacial score (nSPS) is 20.1. The van der Waals surface area contributed by atoms with Crippen LogP contribution in [-0.4, -0.2) is 17.6 Å². The van der Waals surface area contributed by atoms with E-state index >= 15 is 0 Å². The van der Waals surface area contributed by atoms with Gasteiger partial charge in [-0.25, -0.2) is 0 Å². The molecule has 1 fully saturated rings. The van der Waals surface area contributed by atoms with Gasteiger partial charge in [-0.2, -0.15) is 0 Å². The Bertz CT molecular complexity index is 253. The van der Waals surface area contributed by atoms with E-state index in [0.29, 0.717) is 0 Å². The van der Waals surface area contributed by atoms with Gasteiger partial charge in [0, 0.05) is 25.1 Å². The molecule has 12 heavy (non-hydrogen) atoms. The molecule has 0 aliphatic carbocycles. The highest BCUT2D eigenvalue weighted by molar-refractivity contribution is 7.94. The minimum absolute atomic E-state index is 0.0821. The Kier molecular flexibility index (Phi) is 2.09. The summed E-state index contributed by atoms with van der Waals surface area (Å²) in [6.07, 6.45) is 0. The van der Waals surface area contributed by atoms with Gasteiger partial charge in [0.1, 0.15) is 0 Å². The average molecular weight is 181 g/mol. The van der Waals surface area contributed by atoms with Crippen LogP contribution in [0.5, 0.6) is 0 Å².